The summed E-state index contributed by atoms with van der Waals surface area (Å²) in [7, 11) is 0. The molecule has 0 aromatic heterocycles. The van der Waals surface area contributed by atoms with Crippen molar-refractivity contribution < 1.29 is 9.90 Å². The minimum atomic E-state index is -0.819. The van der Waals surface area contributed by atoms with Crippen LogP contribution in [0.15, 0.2) is 36.9 Å². The summed E-state index contributed by atoms with van der Waals surface area (Å²) in [4.78, 5) is 11.4. The normalized spacial score (nSPS) is 14.4. The van der Waals surface area contributed by atoms with Crippen molar-refractivity contribution in [3.8, 4) is 0 Å². The Kier molecular flexibility index (Phi) is 4.23. The number of fused-ring (bicyclic) bond motifs is 1. The molecule has 1 aromatic rings. The SMILES string of the molecule is C=CCCCC(C(=O)O)N1C=c2ccccc2=CN1. The summed E-state index contributed by atoms with van der Waals surface area (Å²) < 4.78 is 0. The van der Waals surface area contributed by atoms with E-state index in [4.69, 9.17) is 0 Å². The van der Waals surface area contributed by atoms with Gasteiger partial charge in [0.1, 0.15) is 6.04 Å². The number of unbranched alkanes of at least 4 members (excludes halogenated alkanes) is 1. The molecule has 1 atom stereocenters. The zero-order valence-electron chi connectivity index (χ0n) is 10.7. The Morgan fingerprint density at radius 1 is 1.42 bits per heavy atom. The second-order valence-electron chi connectivity index (χ2n) is 4.51. The van der Waals surface area contributed by atoms with Crippen molar-refractivity contribution in [2.24, 2.45) is 0 Å². The second kappa shape index (κ2) is 6.09. The molecule has 0 saturated heterocycles. The van der Waals surface area contributed by atoms with E-state index >= 15 is 0 Å². The van der Waals surface area contributed by atoms with Crippen LogP contribution in [0.4, 0.5) is 0 Å². The number of carboxylic acid groups (broad SMARTS) is 1. The largest absolute Gasteiger partial charge is 0.480 e. The van der Waals surface area contributed by atoms with Crippen LogP contribution in [-0.2, 0) is 4.79 Å². The van der Waals surface area contributed by atoms with Gasteiger partial charge in [-0.3, -0.25) is 5.01 Å². The van der Waals surface area contributed by atoms with E-state index in [-0.39, 0.29) is 0 Å². The molecule has 4 nitrogen and oxygen atoms in total. The molecule has 0 saturated carbocycles. The fraction of sp³-hybridized carbons (Fsp3) is 0.267. The van der Waals surface area contributed by atoms with E-state index in [0.717, 1.165) is 23.3 Å². The molecule has 0 spiro atoms. The topological polar surface area (TPSA) is 52.6 Å². The monoisotopic (exact) mass is 258 g/mol. The Morgan fingerprint density at radius 2 is 2.16 bits per heavy atom. The zero-order chi connectivity index (χ0) is 13.7. The summed E-state index contributed by atoms with van der Waals surface area (Å²) in [5.74, 6) is -0.819. The number of aliphatic carboxylic acids is 1. The molecular formula is C15H18N2O2. The maximum absolute atomic E-state index is 11.4. The molecule has 0 radical (unpaired) electrons. The number of hydrazine groups is 1. The quantitative estimate of drug-likeness (QED) is 0.585. The van der Waals surface area contributed by atoms with Gasteiger partial charge in [0.05, 0.1) is 0 Å². The van der Waals surface area contributed by atoms with Crippen LogP contribution in [0.1, 0.15) is 19.3 Å². The fourth-order valence-electron chi connectivity index (χ4n) is 2.11. The lowest BCUT2D eigenvalue weighted by atomic mass is 10.1. The van der Waals surface area contributed by atoms with Crippen LogP contribution in [0.5, 0.6) is 0 Å². The molecule has 100 valence electrons. The average Bonchev–Trinajstić information content (AvgIpc) is 2.43. The van der Waals surface area contributed by atoms with E-state index in [1.54, 1.807) is 5.01 Å². The Balaban J connectivity index is 2.18. The predicted octanol–water partition coefficient (Wildman–Crippen LogP) is 0.792. The smallest absolute Gasteiger partial charge is 0.328 e. The number of carboxylic acids is 1. The van der Waals surface area contributed by atoms with E-state index in [1.807, 2.05) is 42.7 Å². The van der Waals surface area contributed by atoms with Crippen molar-refractivity contribution in [1.82, 2.24) is 10.4 Å². The summed E-state index contributed by atoms with van der Waals surface area (Å²) in [5, 5.41) is 13.1. The minimum Gasteiger partial charge on any atom is -0.480 e. The highest BCUT2D eigenvalue weighted by Crippen LogP contribution is 2.09. The first-order chi connectivity index (χ1) is 9.22. The molecule has 1 aliphatic rings. The van der Waals surface area contributed by atoms with Crippen LogP contribution in [0, 0.1) is 0 Å². The maximum Gasteiger partial charge on any atom is 0.328 e. The molecule has 1 aromatic carbocycles. The van der Waals surface area contributed by atoms with Crippen molar-refractivity contribution in [3.63, 3.8) is 0 Å². The van der Waals surface area contributed by atoms with Crippen molar-refractivity contribution in [2.45, 2.75) is 25.3 Å². The predicted molar refractivity (Wildman–Crippen MR) is 75.1 cm³/mol. The molecule has 4 heteroatoms. The molecule has 0 aliphatic carbocycles. The van der Waals surface area contributed by atoms with E-state index < -0.39 is 12.0 Å². The third kappa shape index (κ3) is 3.16. The Labute approximate surface area is 112 Å². The van der Waals surface area contributed by atoms with Gasteiger partial charge in [-0.1, -0.05) is 30.3 Å². The van der Waals surface area contributed by atoms with E-state index in [2.05, 4.69) is 12.0 Å². The summed E-state index contributed by atoms with van der Waals surface area (Å²) in [5.41, 5.74) is 3.03. The summed E-state index contributed by atoms with van der Waals surface area (Å²) in [6, 6.07) is 7.30. The van der Waals surface area contributed by atoms with Crippen LogP contribution in [-0.4, -0.2) is 22.1 Å². The standard InChI is InChI=1S/C15H18N2O2/c1-2-3-4-9-14(15(18)19)17-11-13-8-6-5-7-12(13)10-16-17/h2,5-8,10-11,14,16H,1,3-4,9H2,(H,18,19). The van der Waals surface area contributed by atoms with Gasteiger partial charge < -0.3 is 10.5 Å². The Hall–Kier alpha value is -2.23. The Bertz CT molecular complexity index is 580. The Morgan fingerprint density at radius 3 is 2.84 bits per heavy atom. The van der Waals surface area contributed by atoms with E-state index in [0.29, 0.717) is 6.42 Å². The molecule has 19 heavy (non-hydrogen) atoms. The molecule has 1 unspecified atom stereocenters. The number of carbonyl (C=O) groups is 1. The van der Waals surface area contributed by atoms with Gasteiger partial charge in [-0.25, -0.2) is 4.79 Å². The highest BCUT2D eigenvalue weighted by Gasteiger charge is 2.23. The minimum absolute atomic E-state index is 0.565. The number of hydrogen-bond acceptors (Lipinski definition) is 3. The van der Waals surface area contributed by atoms with Crippen LogP contribution < -0.4 is 15.9 Å². The number of nitrogens with one attached hydrogen (secondary N) is 1. The van der Waals surface area contributed by atoms with Gasteiger partial charge >= 0.3 is 5.97 Å². The average molecular weight is 258 g/mol. The summed E-state index contributed by atoms with van der Waals surface area (Å²) in [6.07, 6.45) is 7.72. The van der Waals surface area contributed by atoms with Crippen LogP contribution >= 0.6 is 0 Å². The maximum atomic E-state index is 11.4. The van der Waals surface area contributed by atoms with E-state index in [1.165, 1.54) is 0 Å². The lowest BCUT2D eigenvalue weighted by Gasteiger charge is -2.29. The first kappa shape index (κ1) is 13.2. The summed E-state index contributed by atoms with van der Waals surface area (Å²) >= 11 is 0. The van der Waals surface area contributed by atoms with Gasteiger partial charge in [0.15, 0.2) is 0 Å². The number of rotatable bonds is 6. The van der Waals surface area contributed by atoms with Gasteiger partial charge in [-0.2, -0.15) is 0 Å². The molecule has 2 N–H and O–H groups in total. The van der Waals surface area contributed by atoms with Crippen molar-refractivity contribution in [3.05, 3.63) is 47.4 Å². The lowest BCUT2D eigenvalue weighted by Crippen LogP contribution is -2.49. The zero-order valence-corrected chi connectivity index (χ0v) is 10.7. The molecular weight excluding hydrogens is 240 g/mol. The highest BCUT2D eigenvalue weighted by atomic mass is 16.4. The highest BCUT2D eigenvalue weighted by molar-refractivity contribution is 5.74. The number of hydrogen-bond donors (Lipinski definition) is 2. The number of benzene rings is 1. The van der Waals surface area contributed by atoms with Gasteiger partial charge in [0.25, 0.3) is 0 Å². The molecule has 1 heterocycles. The molecule has 1 aliphatic heterocycles. The lowest BCUT2D eigenvalue weighted by molar-refractivity contribution is -0.142. The third-order valence-corrected chi connectivity index (χ3v) is 3.15. The first-order valence-electron chi connectivity index (χ1n) is 6.37. The van der Waals surface area contributed by atoms with E-state index in [9.17, 15) is 9.90 Å². The molecule has 0 amide bonds. The van der Waals surface area contributed by atoms with Gasteiger partial charge in [-0.15, -0.1) is 6.58 Å². The van der Waals surface area contributed by atoms with Gasteiger partial charge in [-0.05, 0) is 19.3 Å². The van der Waals surface area contributed by atoms with Gasteiger partial charge in [0.2, 0.25) is 0 Å². The van der Waals surface area contributed by atoms with Crippen molar-refractivity contribution in [1.29, 1.82) is 0 Å². The second-order valence-corrected chi connectivity index (χ2v) is 4.51. The van der Waals surface area contributed by atoms with Crippen molar-refractivity contribution >= 4 is 18.4 Å². The number of allylic oxidation sites excluding steroid dienone is 1. The fourth-order valence-corrected chi connectivity index (χ4v) is 2.11. The number of nitrogens with zero attached hydrogens (tertiary/aromatic N) is 1. The van der Waals surface area contributed by atoms with Crippen molar-refractivity contribution in [2.75, 3.05) is 0 Å². The first-order valence-corrected chi connectivity index (χ1v) is 6.37. The molecule has 0 fully saturated rings. The van der Waals surface area contributed by atoms with Crippen LogP contribution in [0.25, 0.3) is 12.4 Å². The van der Waals surface area contributed by atoms with Crippen LogP contribution in [0.2, 0.25) is 0 Å². The third-order valence-electron chi connectivity index (χ3n) is 3.15. The molecule has 0 bridgehead atoms. The van der Waals surface area contributed by atoms with Gasteiger partial charge in [0, 0.05) is 22.8 Å². The van der Waals surface area contributed by atoms with Crippen LogP contribution in [0.3, 0.4) is 0 Å². The summed E-state index contributed by atoms with van der Waals surface area (Å²) in [6.45, 7) is 3.65. The molecule has 2 rings (SSSR count).